The van der Waals surface area contributed by atoms with E-state index in [9.17, 15) is 9.18 Å². The molecule has 1 heterocycles. The molecule has 3 rings (SSSR count). The van der Waals surface area contributed by atoms with E-state index in [-0.39, 0.29) is 17.3 Å². The van der Waals surface area contributed by atoms with Gasteiger partial charge in [0, 0.05) is 22.9 Å². The maximum Gasteiger partial charge on any atom is 0.271 e. The molecule has 0 spiro atoms. The average molecular weight is 379 g/mol. The van der Waals surface area contributed by atoms with E-state index in [0.29, 0.717) is 11.6 Å². The van der Waals surface area contributed by atoms with Gasteiger partial charge in [0.05, 0.1) is 11.8 Å². The molecule has 1 N–H and O–H groups in total. The van der Waals surface area contributed by atoms with Gasteiger partial charge in [-0.05, 0) is 82.2 Å². The van der Waals surface area contributed by atoms with Gasteiger partial charge in [0.25, 0.3) is 5.91 Å². The summed E-state index contributed by atoms with van der Waals surface area (Å²) in [6.45, 7) is 11.0. The average Bonchev–Trinajstić information content (AvgIpc) is 2.61. The Balaban J connectivity index is 1.80. The number of benzene rings is 2. The summed E-state index contributed by atoms with van der Waals surface area (Å²) < 4.78 is 12.9. The van der Waals surface area contributed by atoms with Crippen molar-refractivity contribution >= 4 is 23.4 Å². The van der Waals surface area contributed by atoms with Crippen molar-refractivity contribution in [3.63, 3.8) is 0 Å². The van der Waals surface area contributed by atoms with Crippen molar-refractivity contribution in [1.29, 1.82) is 0 Å². The van der Waals surface area contributed by atoms with E-state index in [4.69, 9.17) is 0 Å². The molecule has 1 aliphatic heterocycles. The third kappa shape index (κ3) is 3.98. The van der Waals surface area contributed by atoms with Crippen LogP contribution in [0, 0.1) is 5.82 Å². The molecule has 5 heteroatoms. The Labute approximate surface area is 165 Å². The van der Waals surface area contributed by atoms with E-state index < -0.39 is 0 Å². The van der Waals surface area contributed by atoms with Crippen LogP contribution in [0.5, 0.6) is 0 Å². The fourth-order valence-electron chi connectivity index (χ4n) is 3.92. The summed E-state index contributed by atoms with van der Waals surface area (Å²) in [5, 5.41) is 4.05. The van der Waals surface area contributed by atoms with Gasteiger partial charge in [-0.25, -0.2) is 9.82 Å². The molecule has 0 saturated carbocycles. The van der Waals surface area contributed by atoms with E-state index >= 15 is 0 Å². The Hall–Kier alpha value is -2.95. The SMILES string of the molecule is CC1=CC(C)(C)N(C(C)C)c2ccc(/C=N/NC(=O)c3ccc(F)cc3)cc21. The number of fused-ring (bicyclic) bond motifs is 1. The molecule has 0 fully saturated rings. The van der Waals surface area contributed by atoms with Crippen molar-refractivity contribution in [2.75, 3.05) is 4.90 Å². The quantitative estimate of drug-likeness (QED) is 0.600. The molecular formula is C23H26FN3O. The van der Waals surface area contributed by atoms with Gasteiger partial charge in [-0.3, -0.25) is 4.79 Å². The number of nitrogens with zero attached hydrogens (tertiary/aromatic N) is 2. The number of rotatable bonds is 4. The molecule has 28 heavy (non-hydrogen) atoms. The Kier molecular flexibility index (Phi) is 5.36. The zero-order valence-electron chi connectivity index (χ0n) is 17.0. The predicted molar refractivity (Wildman–Crippen MR) is 113 cm³/mol. The molecule has 0 atom stereocenters. The molecule has 1 amide bonds. The molecule has 1 aliphatic rings. The van der Waals surface area contributed by atoms with Gasteiger partial charge < -0.3 is 4.90 Å². The molecule has 2 aromatic carbocycles. The van der Waals surface area contributed by atoms with Gasteiger partial charge in [-0.1, -0.05) is 12.1 Å². The van der Waals surface area contributed by atoms with Crippen molar-refractivity contribution in [3.8, 4) is 0 Å². The van der Waals surface area contributed by atoms with Crippen LogP contribution >= 0.6 is 0 Å². The number of amides is 1. The largest absolute Gasteiger partial charge is 0.360 e. The lowest BCUT2D eigenvalue weighted by Gasteiger charge is -2.46. The van der Waals surface area contributed by atoms with E-state index in [2.05, 4.69) is 68.3 Å². The first kappa shape index (κ1) is 19.8. The zero-order valence-corrected chi connectivity index (χ0v) is 17.0. The van der Waals surface area contributed by atoms with Crippen LogP contribution in [0.1, 0.15) is 56.1 Å². The third-order valence-electron chi connectivity index (χ3n) is 4.90. The number of nitrogens with one attached hydrogen (secondary N) is 1. The second kappa shape index (κ2) is 7.58. The second-order valence-corrected chi connectivity index (χ2v) is 7.93. The minimum absolute atomic E-state index is 0.0516. The number of allylic oxidation sites excluding steroid dienone is 1. The number of hydrogen-bond acceptors (Lipinski definition) is 3. The van der Waals surface area contributed by atoms with Crippen LogP contribution in [-0.2, 0) is 0 Å². The van der Waals surface area contributed by atoms with Crippen LogP contribution in [0.2, 0.25) is 0 Å². The minimum atomic E-state index is -0.379. The van der Waals surface area contributed by atoms with Gasteiger partial charge in [0.1, 0.15) is 5.82 Å². The standard InChI is InChI=1S/C23H26FN3O/c1-15(2)27-21-11-6-17(12-20(21)16(3)13-23(27,4)5)14-25-26-22(28)18-7-9-19(24)10-8-18/h6-15H,1-5H3,(H,26,28)/b25-14+. The van der Waals surface area contributed by atoms with Crippen LogP contribution < -0.4 is 10.3 Å². The van der Waals surface area contributed by atoms with E-state index in [0.717, 1.165) is 5.56 Å². The molecule has 0 aliphatic carbocycles. The van der Waals surface area contributed by atoms with Crippen LogP contribution in [0.25, 0.3) is 5.57 Å². The normalized spacial score (nSPS) is 15.5. The predicted octanol–water partition coefficient (Wildman–Crippen LogP) is 5.00. The number of hydrogen-bond donors (Lipinski definition) is 1. The Morgan fingerprint density at radius 2 is 1.86 bits per heavy atom. The summed E-state index contributed by atoms with van der Waals surface area (Å²) in [4.78, 5) is 14.5. The molecule has 0 bridgehead atoms. The number of anilines is 1. The molecule has 0 radical (unpaired) electrons. The Bertz CT molecular complexity index is 943. The number of hydrazone groups is 1. The van der Waals surface area contributed by atoms with Gasteiger partial charge in [-0.2, -0.15) is 5.10 Å². The third-order valence-corrected chi connectivity index (χ3v) is 4.90. The van der Waals surface area contributed by atoms with Crippen molar-refractivity contribution in [2.24, 2.45) is 5.10 Å². The van der Waals surface area contributed by atoms with E-state index in [1.807, 2.05) is 6.07 Å². The van der Waals surface area contributed by atoms with Crippen molar-refractivity contribution < 1.29 is 9.18 Å². The van der Waals surface area contributed by atoms with Gasteiger partial charge in [0.15, 0.2) is 0 Å². The fraction of sp³-hybridized carbons (Fsp3) is 0.304. The van der Waals surface area contributed by atoms with Gasteiger partial charge in [-0.15, -0.1) is 0 Å². The molecule has 0 aromatic heterocycles. The summed E-state index contributed by atoms with van der Waals surface area (Å²) in [5.74, 6) is -0.755. The highest BCUT2D eigenvalue weighted by molar-refractivity contribution is 5.95. The van der Waals surface area contributed by atoms with Crippen molar-refractivity contribution in [2.45, 2.75) is 46.2 Å². The molecule has 4 nitrogen and oxygen atoms in total. The van der Waals surface area contributed by atoms with Crippen molar-refractivity contribution in [1.82, 2.24) is 5.43 Å². The second-order valence-electron chi connectivity index (χ2n) is 7.93. The summed E-state index contributed by atoms with van der Waals surface area (Å²) in [7, 11) is 0. The minimum Gasteiger partial charge on any atom is -0.360 e. The van der Waals surface area contributed by atoms with Crippen LogP contribution in [-0.4, -0.2) is 23.7 Å². The van der Waals surface area contributed by atoms with Crippen LogP contribution in [0.15, 0.2) is 53.6 Å². The number of carbonyl (C=O) groups is 1. The Morgan fingerprint density at radius 3 is 2.50 bits per heavy atom. The summed E-state index contributed by atoms with van der Waals surface area (Å²) in [6.07, 6.45) is 3.90. The summed E-state index contributed by atoms with van der Waals surface area (Å²) in [5.41, 5.74) is 7.28. The lowest BCUT2D eigenvalue weighted by Crippen LogP contribution is -2.49. The monoisotopic (exact) mass is 379 g/mol. The Morgan fingerprint density at radius 1 is 1.18 bits per heavy atom. The smallest absolute Gasteiger partial charge is 0.271 e. The van der Waals surface area contributed by atoms with E-state index in [1.165, 1.54) is 41.1 Å². The highest BCUT2D eigenvalue weighted by Crippen LogP contribution is 2.40. The summed E-state index contributed by atoms with van der Waals surface area (Å²) >= 11 is 0. The summed E-state index contributed by atoms with van der Waals surface area (Å²) in [6, 6.07) is 11.9. The lowest BCUT2D eigenvalue weighted by molar-refractivity contribution is 0.0955. The molecule has 146 valence electrons. The first-order valence-electron chi connectivity index (χ1n) is 9.41. The highest BCUT2D eigenvalue weighted by atomic mass is 19.1. The van der Waals surface area contributed by atoms with Gasteiger partial charge in [0.2, 0.25) is 0 Å². The first-order valence-corrected chi connectivity index (χ1v) is 9.41. The van der Waals surface area contributed by atoms with Crippen LogP contribution in [0.4, 0.5) is 10.1 Å². The first-order chi connectivity index (χ1) is 13.2. The number of halogens is 1. The van der Waals surface area contributed by atoms with Crippen LogP contribution in [0.3, 0.4) is 0 Å². The topological polar surface area (TPSA) is 44.7 Å². The zero-order chi connectivity index (χ0) is 20.5. The molecule has 2 aromatic rings. The maximum atomic E-state index is 12.9. The molecular weight excluding hydrogens is 353 g/mol. The lowest BCUT2D eigenvalue weighted by atomic mass is 9.87. The fourth-order valence-corrected chi connectivity index (χ4v) is 3.92. The molecule has 0 unspecified atom stereocenters. The highest BCUT2D eigenvalue weighted by Gasteiger charge is 2.32. The van der Waals surface area contributed by atoms with Crippen molar-refractivity contribution in [3.05, 3.63) is 71.0 Å². The maximum absolute atomic E-state index is 12.9. The molecule has 0 saturated heterocycles. The van der Waals surface area contributed by atoms with E-state index in [1.54, 1.807) is 6.21 Å². The number of carbonyl (C=O) groups excluding carboxylic acids is 1. The van der Waals surface area contributed by atoms with Gasteiger partial charge >= 0.3 is 0 Å².